The molecule has 0 heterocycles. The Morgan fingerprint density at radius 2 is 1.86 bits per heavy atom. The van der Waals surface area contributed by atoms with Crippen molar-refractivity contribution in [2.75, 3.05) is 14.2 Å². The van der Waals surface area contributed by atoms with Crippen LogP contribution in [0.5, 0.6) is 11.5 Å². The van der Waals surface area contributed by atoms with Gasteiger partial charge in [0.25, 0.3) is 0 Å². The molecule has 2 aliphatic carbocycles. The third-order valence-corrected chi connectivity index (χ3v) is 6.03. The average molecular weight is 304 g/mol. The Hall–Kier alpha value is -1.55. The van der Waals surface area contributed by atoms with Crippen molar-refractivity contribution in [2.45, 2.75) is 45.6 Å². The highest BCUT2D eigenvalue weighted by atomic mass is 16.5. The van der Waals surface area contributed by atoms with Crippen molar-refractivity contribution >= 4 is 5.78 Å². The lowest BCUT2D eigenvalue weighted by atomic mass is 9.54. The minimum absolute atomic E-state index is 0.0792. The van der Waals surface area contributed by atoms with Crippen LogP contribution in [0.3, 0.4) is 0 Å². The molecule has 4 heteroatoms. The summed E-state index contributed by atoms with van der Waals surface area (Å²) in [4.78, 5) is 12.5. The van der Waals surface area contributed by atoms with E-state index in [-0.39, 0.29) is 11.2 Å². The van der Waals surface area contributed by atoms with E-state index in [0.717, 1.165) is 42.6 Å². The SMILES string of the molecule is COc1ccc(OC)c2c1C[C@]1(C)CCC[C@]1(C(C)=O)[C@H]2O. The van der Waals surface area contributed by atoms with Crippen LogP contribution in [-0.2, 0) is 11.2 Å². The van der Waals surface area contributed by atoms with E-state index in [0.29, 0.717) is 5.75 Å². The van der Waals surface area contributed by atoms with E-state index in [4.69, 9.17) is 9.47 Å². The Labute approximate surface area is 131 Å². The summed E-state index contributed by atoms with van der Waals surface area (Å²) in [6.45, 7) is 3.75. The standard InChI is InChI=1S/C18H24O4/c1-11(19)18-9-5-8-17(18,2)10-12-13(21-3)6-7-14(22-4)15(12)16(18)20/h6-7,16,20H,5,8-10H2,1-4H3/t16-,17-,18-/m0/s1. The summed E-state index contributed by atoms with van der Waals surface area (Å²) in [5.41, 5.74) is 0.775. The monoisotopic (exact) mass is 304 g/mol. The van der Waals surface area contributed by atoms with Crippen LogP contribution in [0.4, 0.5) is 0 Å². The van der Waals surface area contributed by atoms with Crippen LogP contribution in [0, 0.1) is 10.8 Å². The highest BCUT2D eigenvalue weighted by molar-refractivity contribution is 5.85. The third-order valence-electron chi connectivity index (χ3n) is 6.03. The summed E-state index contributed by atoms with van der Waals surface area (Å²) >= 11 is 0. The van der Waals surface area contributed by atoms with Crippen LogP contribution < -0.4 is 9.47 Å². The third kappa shape index (κ3) is 1.70. The van der Waals surface area contributed by atoms with Crippen LogP contribution >= 0.6 is 0 Å². The number of benzene rings is 1. The van der Waals surface area contributed by atoms with E-state index in [1.807, 2.05) is 12.1 Å². The predicted molar refractivity (Wildman–Crippen MR) is 83.3 cm³/mol. The molecule has 3 rings (SSSR count). The number of aliphatic hydroxyl groups excluding tert-OH is 1. The normalized spacial score (nSPS) is 33.0. The number of Topliss-reactive ketones (excluding diaryl/α,β-unsaturated/α-hetero) is 1. The molecule has 4 nitrogen and oxygen atoms in total. The molecule has 0 amide bonds. The molecule has 1 saturated carbocycles. The first-order valence-electron chi connectivity index (χ1n) is 7.84. The van der Waals surface area contributed by atoms with Crippen LogP contribution in [0.25, 0.3) is 0 Å². The summed E-state index contributed by atoms with van der Waals surface area (Å²) in [6, 6.07) is 3.69. The zero-order chi connectivity index (χ0) is 16.1. The predicted octanol–water partition coefficient (Wildman–Crippen LogP) is 3.06. The first-order chi connectivity index (χ1) is 10.4. The second-order valence-electron chi connectivity index (χ2n) is 6.88. The second kappa shape index (κ2) is 4.98. The van der Waals surface area contributed by atoms with E-state index in [1.54, 1.807) is 21.1 Å². The van der Waals surface area contributed by atoms with E-state index < -0.39 is 11.5 Å². The number of rotatable bonds is 3. The van der Waals surface area contributed by atoms with Gasteiger partial charge in [0, 0.05) is 11.1 Å². The first kappa shape index (κ1) is 15.3. The van der Waals surface area contributed by atoms with E-state index in [9.17, 15) is 9.90 Å². The van der Waals surface area contributed by atoms with Crippen LogP contribution in [-0.4, -0.2) is 25.1 Å². The van der Waals surface area contributed by atoms with Crippen molar-refractivity contribution in [3.63, 3.8) is 0 Å². The van der Waals surface area contributed by atoms with Gasteiger partial charge in [-0.25, -0.2) is 0 Å². The molecule has 0 saturated heterocycles. The minimum atomic E-state index is -0.841. The van der Waals surface area contributed by atoms with Gasteiger partial charge < -0.3 is 14.6 Å². The number of carbonyl (C=O) groups is 1. The number of hydrogen-bond acceptors (Lipinski definition) is 4. The van der Waals surface area contributed by atoms with E-state index >= 15 is 0 Å². The summed E-state index contributed by atoms with van der Waals surface area (Å²) in [5, 5.41) is 11.2. The number of fused-ring (bicyclic) bond motifs is 2. The summed E-state index contributed by atoms with van der Waals surface area (Å²) in [6.07, 6.45) is 2.54. The number of methoxy groups -OCH3 is 2. The topological polar surface area (TPSA) is 55.8 Å². The highest BCUT2D eigenvalue weighted by Crippen LogP contribution is 2.65. The summed E-state index contributed by atoms with van der Waals surface area (Å²) in [7, 11) is 3.23. The molecular weight excluding hydrogens is 280 g/mol. The van der Waals surface area contributed by atoms with Gasteiger partial charge in [0.05, 0.1) is 25.7 Å². The minimum Gasteiger partial charge on any atom is -0.496 e. The molecule has 0 aromatic heterocycles. The number of ketones is 1. The molecule has 2 aliphatic rings. The fourth-order valence-electron chi connectivity index (χ4n) is 4.90. The Kier molecular flexibility index (Phi) is 3.48. The Morgan fingerprint density at radius 3 is 2.45 bits per heavy atom. The van der Waals surface area contributed by atoms with Crippen LogP contribution in [0.1, 0.15) is 50.3 Å². The average Bonchev–Trinajstić information content (AvgIpc) is 2.84. The lowest BCUT2D eigenvalue weighted by Crippen LogP contribution is -2.50. The number of carbonyl (C=O) groups excluding carboxylic acids is 1. The van der Waals surface area contributed by atoms with Gasteiger partial charge in [0.1, 0.15) is 17.3 Å². The van der Waals surface area contributed by atoms with Crippen LogP contribution in [0.2, 0.25) is 0 Å². The second-order valence-corrected chi connectivity index (χ2v) is 6.88. The molecule has 0 radical (unpaired) electrons. The van der Waals surface area contributed by atoms with Crippen LogP contribution in [0.15, 0.2) is 12.1 Å². The number of ether oxygens (including phenoxy) is 2. The molecular formula is C18H24O4. The summed E-state index contributed by atoms with van der Waals surface area (Å²) in [5.74, 6) is 1.48. The maximum atomic E-state index is 12.5. The Balaban J connectivity index is 2.28. The van der Waals surface area contributed by atoms with Gasteiger partial charge in [0.2, 0.25) is 0 Å². The molecule has 22 heavy (non-hydrogen) atoms. The molecule has 120 valence electrons. The van der Waals surface area contributed by atoms with E-state index in [1.165, 1.54) is 0 Å². The highest BCUT2D eigenvalue weighted by Gasteiger charge is 2.62. The zero-order valence-electron chi connectivity index (χ0n) is 13.7. The largest absolute Gasteiger partial charge is 0.496 e. The van der Waals surface area contributed by atoms with Gasteiger partial charge in [-0.15, -0.1) is 0 Å². The molecule has 1 N–H and O–H groups in total. The van der Waals surface area contributed by atoms with Gasteiger partial charge in [-0.2, -0.15) is 0 Å². The first-order valence-corrected chi connectivity index (χ1v) is 7.84. The lowest BCUT2D eigenvalue weighted by molar-refractivity contribution is -0.146. The summed E-state index contributed by atoms with van der Waals surface area (Å²) < 4.78 is 11.0. The molecule has 1 aromatic carbocycles. The molecule has 0 bridgehead atoms. The van der Waals surface area contributed by atoms with Crippen molar-refractivity contribution in [3.8, 4) is 11.5 Å². The fraction of sp³-hybridized carbons (Fsp3) is 0.611. The fourth-order valence-corrected chi connectivity index (χ4v) is 4.90. The van der Waals surface area contributed by atoms with Gasteiger partial charge in [-0.3, -0.25) is 4.79 Å². The Morgan fingerprint density at radius 1 is 1.23 bits per heavy atom. The zero-order valence-corrected chi connectivity index (χ0v) is 13.7. The quantitative estimate of drug-likeness (QED) is 0.932. The van der Waals surface area contributed by atoms with Crippen molar-refractivity contribution in [1.82, 2.24) is 0 Å². The van der Waals surface area contributed by atoms with Crippen molar-refractivity contribution in [1.29, 1.82) is 0 Å². The van der Waals surface area contributed by atoms with Gasteiger partial charge in [-0.05, 0) is 43.7 Å². The molecule has 0 unspecified atom stereocenters. The molecule has 0 spiro atoms. The molecule has 1 fully saturated rings. The van der Waals surface area contributed by atoms with Gasteiger partial charge >= 0.3 is 0 Å². The maximum absolute atomic E-state index is 12.5. The maximum Gasteiger partial charge on any atom is 0.139 e. The van der Waals surface area contributed by atoms with E-state index in [2.05, 4.69) is 6.92 Å². The Bertz CT molecular complexity index is 624. The molecule has 0 aliphatic heterocycles. The molecule has 1 aromatic rings. The van der Waals surface area contributed by atoms with Gasteiger partial charge in [-0.1, -0.05) is 13.3 Å². The van der Waals surface area contributed by atoms with Crippen molar-refractivity contribution < 1.29 is 19.4 Å². The number of hydrogen-bond donors (Lipinski definition) is 1. The lowest BCUT2D eigenvalue weighted by Gasteiger charge is -2.50. The van der Waals surface area contributed by atoms with Crippen molar-refractivity contribution in [3.05, 3.63) is 23.3 Å². The molecule has 3 atom stereocenters. The van der Waals surface area contributed by atoms with Crippen molar-refractivity contribution in [2.24, 2.45) is 10.8 Å². The van der Waals surface area contributed by atoms with Gasteiger partial charge in [0.15, 0.2) is 0 Å². The smallest absolute Gasteiger partial charge is 0.139 e. The number of aliphatic hydroxyl groups is 1.